The van der Waals surface area contributed by atoms with Crippen LogP contribution in [-0.2, 0) is 0 Å². The second kappa shape index (κ2) is 9.59. The molecule has 7 aromatic carbocycles. The molecule has 9 aromatic rings. The van der Waals surface area contributed by atoms with Crippen LogP contribution in [0.3, 0.4) is 0 Å². The van der Waals surface area contributed by atoms with Crippen LogP contribution in [0.2, 0.25) is 0 Å². The minimum atomic E-state index is 0.917. The van der Waals surface area contributed by atoms with Crippen molar-refractivity contribution in [1.82, 2.24) is 0 Å². The van der Waals surface area contributed by atoms with E-state index in [0.717, 1.165) is 33.6 Å². The number of anilines is 3. The van der Waals surface area contributed by atoms with Crippen LogP contribution >= 0.6 is 11.3 Å². The number of benzene rings is 7. The molecule has 43 heavy (non-hydrogen) atoms. The van der Waals surface area contributed by atoms with E-state index in [1.165, 1.54) is 47.5 Å². The number of thiophene rings is 1. The number of hydrogen-bond acceptors (Lipinski definition) is 3. The number of rotatable bonds is 4. The summed E-state index contributed by atoms with van der Waals surface area (Å²) in [5.41, 5.74) is 7.59. The molecular formula is C40H25NOS. The fraction of sp³-hybridized carbons (Fsp3) is 0. The van der Waals surface area contributed by atoms with Crippen molar-refractivity contribution in [2.75, 3.05) is 4.90 Å². The first kappa shape index (κ1) is 24.2. The van der Waals surface area contributed by atoms with Gasteiger partial charge in [-0.25, -0.2) is 0 Å². The Bertz CT molecular complexity index is 2470. The molecule has 9 rings (SSSR count). The summed E-state index contributed by atoms with van der Waals surface area (Å²) in [6, 6.07) is 54.3. The van der Waals surface area contributed by atoms with E-state index in [-0.39, 0.29) is 0 Å². The van der Waals surface area contributed by atoms with Gasteiger partial charge in [0.05, 0.1) is 0 Å². The molecule has 0 aliphatic heterocycles. The van der Waals surface area contributed by atoms with E-state index in [2.05, 4.69) is 150 Å². The first-order chi connectivity index (χ1) is 21.3. The van der Waals surface area contributed by atoms with Crippen LogP contribution in [0.5, 0.6) is 0 Å². The van der Waals surface area contributed by atoms with Crippen LogP contribution in [0.1, 0.15) is 0 Å². The normalized spacial score (nSPS) is 11.7. The van der Waals surface area contributed by atoms with E-state index < -0.39 is 0 Å². The van der Waals surface area contributed by atoms with Crippen molar-refractivity contribution in [3.63, 3.8) is 0 Å². The van der Waals surface area contributed by atoms with Gasteiger partial charge >= 0.3 is 0 Å². The number of furan rings is 1. The summed E-state index contributed by atoms with van der Waals surface area (Å²) < 4.78 is 8.89. The van der Waals surface area contributed by atoms with Crippen LogP contribution in [-0.4, -0.2) is 0 Å². The van der Waals surface area contributed by atoms with Crippen LogP contribution in [0.4, 0.5) is 17.1 Å². The molecule has 0 fully saturated rings. The predicted octanol–water partition coefficient (Wildman–Crippen LogP) is 12.2. The Morgan fingerprint density at radius 1 is 0.442 bits per heavy atom. The van der Waals surface area contributed by atoms with Gasteiger partial charge in [-0.05, 0) is 71.1 Å². The number of hydrogen-bond donors (Lipinski definition) is 0. The predicted molar refractivity (Wildman–Crippen MR) is 184 cm³/mol. The maximum Gasteiger partial charge on any atom is 0.136 e. The Labute approximate surface area is 252 Å². The Morgan fingerprint density at radius 3 is 2.12 bits per heavy atom. The van der Waals surface area contributed by atoms with Gasteiger partial charge in [-0.15, -0.1) is 11.3 Å². The summed E-state index contributed by atoms with van der Waals surface area (Å²) in [6.45, 7) is 0. The number of fused-ring (bicyclic) bond motifs is 8. The fourth-order valence-corrected chi connectivity index (χ4v) is 7.66. The lowest BCUT2D eigenvalue weighted by Crippen LogP contribution is -2.09. The zero-order valence-electron chi connectivity index (χ0n) is 23.2. The Balaban J connectivity index is 1.26. The van der Waals surface area contributed by atoms with Crippen LogP contribution < -0.4 is 4.90 Å². The topological polar surface area (TPSA) is 16.4 Å². The van der Waals surface area contributed by atoms with Crippen molar-refractivity contribution in [3.8, 4) is 11.1 Å². The molecule has 0 spiro atoms. The molecule has 0 atom stereocenters. The molecule has 202 valence electrons. The van der Waals surface area contributed by atoms with Gasteiger partial charge in [-0.1, -0.05) is 97.1 Å². The third kappa shape index (κ3) is 3.86. The van der Waals surface area contributed by atoms with Crippen molar-refractivity contribution in [3.05, 3.63) is 152 Å². The van der Waals surface area contributed by atoms with Crippen LogP contribution in [0, 0.1) is 0 Å². The minimum absolute atomic E-state index is 0.917. The smallest absolute Gasteiger partial charge is 0.136 e. The van der Waals surface area contributed by atoms with E-state index >= 15 is 0 Å². The van der Waals surface area contributed by atoms with Gasteiger partial charge in [0.1, 0.15) is 11.2 Å². The standard InChI is InChI=1S/C40H25NOS/c1-2-12-28(13-3-1)41(30-21-22-33-32-15-5-7-19-37(32)43-38(33)25-30)29-14-8-11-27(24-29)31-17-9-10-26-20-23-36-40(39(26)31)34-16-4-6-18-35(34)42-36/h1-25H. The van der Waals surface area contributed by atoms with E-state index in [4.69, 9.17) is 4.42 Å². The number of para-hydroxylation sites is 2. The molecule has 0 unspecified atom stereocenters. The van der Waals surface area contributed by atoms with E-state index in [9.17, 15) is 0 Å². The van der Waals surface area contributed by atoms with Crippen molar-refractivity contribution >= 4 is 81.3 Å². The largest absolute Gasteiger partial charge is 0.456 e. The first-order valence-corrected chi connectivity index (χ1v) is 15.3. The second-order valence-electron chi connectivity index (χ2n) is 10.9. The summed E-state index contributed by atoms with van der Waals surface area (Å²) in [7, 11) is 0. The zero-order chi connectivity index (χ0) is 28.3. The maximum absolute atomic E-state index is 6.28. The zero-order valence-corrected chi connectivity index (χ0v) is 24.0. The van der Waals surface area contributed by atoms with E-state index in [1.807, 2.05) is 17.4 Å². The Hall–Kier alpha value is -5.38. The molecule has 0 radical (unpaired) electrons. The van der Waals surface area contributed by atoms with Gasteiger partial charge in [0.25, 0.3) is 0 Å². The first-order valence-electron chi connectivity index (χ1n) is 14.5. The molecule has 0 aliphatic carbocycles. The molecule has 0 aliphatic rings. The molecule has 2 heterocycles. The van der Waals surface area contributed by atoms with Crippen LogP contribution in [0.15, 0.2) is 156 Å². The quantitative estimate of drug-likeness (QED) is 0.210. The molecule has 2 aromatic heterocycles. The summed E-state index contributed by atoms with van der Waals surface area (Å²) in [4.78, 5) is 2.36. The van der Waals surface area contributed by atoms with Crippen molar-refractivity contribution < 1.29 is 4.42 Å². The van der Waals surface area contributed by atoms with Gasteiger partial charge < -0.3 is 9.32 Å². The summed E-state index contributed by atoms with van der Waals surface area (Å²) in [6.07, 6.45) is 0. The molecule has 3 heteroatoms. The highest BCUT2D eigenvalue weighted by Gasteiger charge is 2.17. The van der Waals surface area contributed by atoms with Gasteiger partial charge in [0.2, 0.25) is 0 Å². The lowest BCUT2D eigenvalue weighted by molar-refractivity contribution is 0.669. The highest BCUT2D eigenvalue weighted by atomic mass is 32.1. The number of nitrogens with zero attached hydrogens (tertiary/aromatic N) is 1. The molecule has 0 saturated heterocycles. The Kier molecular flexibility index (Phi) is 5.40. The highest BCUT2D eigenvalue weighted by Crippen LogP contribution is 2.43. The molecule has 0 N–H and O–H groups in total. The third-order valence-electron chi connectivity index (χ3n) is 8.43. The fourth-order valence-electron chi connectivity index (χ4n) is 6.52. The van der Waals surface area contributed by atoms with Gasteiger partial charge in [-0.2, -0.15) is 0 Å². The maximum atomic E-state index is 6.28. The summed E-state index contributed by atoms with van der Waals surface area (Å²) >= 11 is 1.85. The summed E-state index contributed by atoms with van der Waals surface area (Å²) in [5, 5.41) is 7.37. The molecular weight excluding hydrogens is 543 g/mol. The molecule has 0 amide bonds. The molecule has 0 bridgehead atoms. The average Bonchev–Trinajstić information content (AvgIpc) is 3.63. The monoisotopic (exact) mass is 567 g/mol. The highest BCUT2D eigenvalue weighted by molar-refractivity contribution is 7.25. The summed E-state index contributed by atoms with van der Waals surface area (Å²) in [5.74, 6) is 0. The molecule has 0 saturated carbocycles. The lowest BCUT2D eigenvalue weighted by atomic mass is 9.94. The third-order valence-corrected chi connectivity index (χ3v) is 9.57. The average molecular weight is 568 g/mol. The second-order valence-corrected chi connectivity index (χ2v) is 12.0. The van der Waals surface area contributed by atoms with Crippen molar-refractivity contribution in [1.29, 1.82) is 0 Å². The Morgan fingerprint density at radius 2 is 1.19 bits per heavy atom. The van der Waals surface area contributed by atoms with E-state index in [0.29, 0.717) is 0 Å². The van der Waals surface area contributed by atoms with Crippen molar-refractivity contribution in [2.24, 2.45) is 0 Å². The van der Waals surface area contributed by atoms with E-state index in [1.54, 1.807) is 0 Å². The van der Waals surface area contributed by atoms with Crippen LogP contribution in [0.25, 0.3) is 64.0 Å². The SMILES string of the molecule is c1ccc(N(c2cccc(-c3cccc4ccc5oc6ccccc6c5c34)c2)c2ccc3c(c2)sc2ccccc23)cc1. The van der Waals surface area contributed by atoms with Gasteiger partial charge in [0, 0.05) is 53.4 Å². The van der Waals surface area contributed by atoms with Crippen molar-refractivity contribution in [2.45, 2.75) is 0 Å². The lowest BCUT2D eigenvalue weighted by Gasteiger charge is -2.26. The van der Waals surface area contributed by atoms with Gasteiger partial charge in [-0.3, -0.25) is 0 Å². The minimum Gasteiger partial charge on any atom is -0.456 e. The molecule has 2 nitrogen and oxygen atoms in total. The van der Waals surface area contributed by atoms with Gasteiger partial charge in [0.15, 0.2) is 0 Å².